The van der Waals surface area contributed by atoms with Crippen molar-refractivity contribution in [3.05, 3.63) is 18.5 Å². The van der Waals surface area contributed by atoms with Crippen molar-refractivity contribution in [1.82, 2.24) is 15.1 Å². The normalized spacial score (nSPS) is 12.1. The zero-order valence-corrected chi connectivity index (χ0v) is 9.09. The number of nitrogens with zero attached hydrogens (tertiary/aromatic N) is 2. The van der Waals surface area contributed by atoms with E-state index in [0.717, 1.165) is 6.42 Å². The summed E-state index contributed by atoms with van der Waals surface area (Å²) in [6.07, 6.45) is 4.24. The first kappa shape index (κ1) is 12.2. The van der Waals surface area contributed by atoms with Crippen LogP contribution in [0.15, 0.2) is 18.5 Å². The molecule has 16 heavy (non-hydrogen) atoms. The molecule has 1 unspecified atom stereocenters. The number of carbonyl (C=O) groups is 2. The average Bonchev–Trinajstić information content (AvgIpc) is 2.75. The molecule has 0 aromatic carbocycles. The van der Waals surface area contributed by atoms with Crippen LogP contribution in [-0.4, -0.2) is 33.3 Å². The number of carbonyl (C=O) groups excluding carboxylic acids is 1. The van der Waals surface area contributed by atoms with E-state index in [-0.39, 0.29) is 0 Å². The molecular formula is C10H15N3O3. The van der Waals surface area contributed by atoms with Gasteiger partial charge in [-0.1, -0.05) is 0 Å². The highest BCUT2D eigenvalue weighted by Gasteiger charge is 2.19. The van der Waals surface area contributed by atoms with E-state index in [9.17, 15) is 9.59 Å². The van der Waals surface area contributed by atoms with Gasteiger partial charge in [-0.2, -0.15) is 5.10 Å². The SMILES string of the molecule is CC(C(=O)O)C(=O)NCCCn1cccn1. The molecule has 1 heterocycles. The predicted octanol–water partition coefficient (Wildman–Crippen LogP) is 0.110. The van der Waals surface area contributed by atoms with Crippen LogP contribution in [-0.2, 0) is 16.1 Å². The van der Waals surface area contributed by atoms with Gasteiger partial charge in [-0.3, -0.25) is 14.3 Å². The van der Waals surface area contributed by atoms with Gasteiger partial charge in [0.2, 0.25) is 5.91 Å². The highest BCUT2D eigenvalue weighted by Crippen LogP contribution is 1.94. The van der Waals surface area contributed by atoms with Crippen LogP contribution in [0.25, 0.3) is 0 Å². The first-order chi connectivity index (χ1) is 7.61. The number of aromatic nitrogens is 2. The molecule has 1 aromatic heterocycles. The number of aliphatic carboxylic acids is 1. The Morgan fingerprint density at radius 2 is 2.31 bits per heavy atom. The third kappa shape index (κ3) is 3.72. The summed E-state index contributed by atoms with van der Waals surface area (Å²) in [6, 6.07) is 1.82. The van der Waals surface area contributed by atoms with E-state index >= 15 is 0 Å². The van der Waals surface area contributed by atoms with E-state index in [0.29, 0.717) is 13.1 Å². The highest BCUT2D eigenvalue weighted by atomic mass is 16.4. The van der Waals surface area contributed by atoms with E-state index in [1.54, 1.807) is 10.9 Å². The van der Waals surface area contributed by atoms with Crippen molar-refractivity contribution in [2.24, 2.45) is 5.92 Å². The van der Waals surface area contributed by atoms with Gasteiger partial charge in [-0.05, 0) is 19.4 Å². The summed E-state index contributed by atoms with van der Waals surface area (Å²) in [6.45, 7) is 2.52. The molecular weight excluding hydrogens is 210 g/mol. The summed E-state index contributed by atoms with van der Waals surface area (Å²) in [7, 11) is 0. The fourth-order valence-electron chi connectivity index (χ4n) is 1.15. The molecule has 2 N–H and O–H groups in total. The maximum absolute atomic E-state index is 11.2. The minimum atomic E-state index is -1.11. The van der Waals surface area contributed by atoms with Crippen LogP contribution in [0.1, 0.15) is 13.3 Å². The van der Waals surface area contributed by atoms with E-state index in [2.05, 4.69) is 10.4 Å². The van der Waals surface area contributed by atoms with E-state index in [1.807, 2.05) is 12.3 Å². The van der Waals surface area contributed by atoms with Crippen molar-refractivity contribution >= 4 is 11.9 Å². The van der Waals surface area contributed by atoms with Crippen LogP contribution in [0.2, 0.25) is 0 Å². The Labute approximate surface area is 93.3 Å². The zero-order valence-electron chi connectivity index (χ0n) is 9.09. The van der Waals surface area contributed by atoms with Gasteiger partial charge in [0.25, 0.3) is 0 Å². The molecule has 0 saturated carbocycles. The Balaban J connectivity index is 2.16. The standard InChI is InChI=1S/C10H15N3O3/c1-8(10(15)16)9(14)11-4-2-6-13-7-3-5-12-13/h3,5,7-8H,2,4,6H2,1H3,(H,11,14)(H,15,16). The monoisotopic (exact) mass is 225 g/mol. The number of aryl methyl sites for hydroxylation is 1. The fraction of sp³-hybridized carbons (Fsp3) is 0.500. The van der Waals surface area contributed by atoms with Crippen molar-refractivity contribution in [2.75, 3.05) is 6.54 Å². The summed E-state index contributed by atoms with van der Waals surface area (Å²) in [4.78, 5) is 21.7. The van der Waals surface area contributed by atoms with Gasteiger partial charge in [0.05, 0.1) is 0 Å². The lowest BCUT2D eigenvalue weighted by Crippen LogP contribution is -2.34. The molecule has 1 amide bonds. The van der Waals surface area contributed by atoms with E-state index in [1.165, 1.54) is 6.92 Å². The molecule has 0 aliphatic carbocycles. The van der Waals surface area contributed by atoms with Gasteiger partial charge < -0.3 is 10.4 Å². The van der Waals surface area contributed by atoms with Gasteiger partial charge in [-0.25, -0.2) is 0 Å². The van der Waals surface area contributed by atoms with Crippen molar-refractivity contribution < 1.29 is 14.7 Å². The second-order valence-electron chi connectivity index (χ2n) is 3.47. The number of carboxylic acid groups (broad SMARTS) is 1. The lowest BCUT2D eigenvalue weighted by molar-refractivity contribution is -0.146. The summed E-state index contributed by atoms with van der Waals surface area (Å²) in [5, 5.41) is 15.2. The van der Waals surface area contributed by atoms with Gasteiger partial charge >= 0.3 is 5.97 Å². The Bertz CT molecular complexity index is 348. The van der Waals surface area contributed by atoms with Gasteiger partial charge in [0, 0.05) is 25.5 Å². The maximum Gasteiger partial charge on any atom is 0.315 e. The second-order valence-corrected chi connectivity index (χ2v) is 3.47. The number of carboxylic acids is 1. The quantitative estimate of drug-likeness (QED) is 0.531. The van der Waals surface area contributed by atoms with Crippen LogP contribution in [0, 0.1) is 5.92 Å². The molecule has 0 aliphatic heterocycles. The second kappa shape index (κ2) is 5.89. The minimum Gasteiger partial charge on any atom is -0.481 e. The number of hydrogen-bond donors (Lipinski definition) is 2. The smallest absolute Gasteiger partial charge is 0.315 e. The number of nitrogens with one attached hydrogen (secondary N) is 1. The van der Waals surface area contributed by atoms with Crippen molar-refractivity contribution in [2.45, 2.75) is 19.9 Å². The van der Waals surface area contributed by atoms with Gasteiger partial charge in [0.15, 0.2) is 0 Å². The zero-order chi connectivity index (χ0) is 12.0. The lowest BCUT2D eigenvalue weighted by Gasteiger charge is -2.08. The van der Waals surface area contributed by atoms with Crippen molar-refractivity contribution in [3.63, 3.8) is 0 Å². The highest BCUT2D eigenvalue weighted by molar-refractivity contribution is 5.96. The summed E-state index contributed by atoms with van der Waals surface area (Å²) in [5.74, 6) is -2.55. The first-order valence-electron chi connectivity index (χ1n) is 5.09. The third-order valence-corrected chi connectivity index (χ3v) is 2.19. The van der Waals surface area contributed by atoms with E-state index < -0.39 is 17.8 Å². The van der Waals surface area contributed by atoms with Crippen molar-refractivity contribution in [1.29, 1.82) is 0 Å². The number of rotatable bonds is 6. The summed E-state index contributed by atoms with van der Waals surface area (Å²) in [5.41, 5.74) is 0. The molecule has 0 saturated heterocycles. The number of amides is 1. The summed E-state index contributed by atoms with van der Waals surface area (Å²) >= 11 is 0. The Hall–Kier alpha value is -1.85. The molecule has 6 nitrogen and oxygen atoms in total. The van der Waals surface area contributed by atoms with Crippen molar-refractivity contribution in [3.8, 4) is 0 Å². The molecule has 0 aliphatic rings. The Kier molecular flexibility index (Phi) is 4.50. The first-order valence-corrected chi connectivity index (χ1v) is 5.09. The molecule has 0 spiro atoms. The molecule has 88 valence electrons. The predicted molar refractivity (Wildman–Crippen MR) is 56.7 cm³/mol. The molecule has 1 rings (SSSR count). The topological polar surface area (TPSA) is 84.2 Å². The van der Waals surface area contributed by atoms with E-state index in [4.69, 9.17) is 5.11 Å². The molecule has 0 radical (unpaired) electrons. The minimum absolute atomic E-state index is 0.451. The van der Waals surface area contributed by atoms with Crippen LogP contribution < -0.4 is 5.32 Å². The third-order valence-electron chi connectivity index (χ3n) is 2.19. The van der Waals surface area contributed by atoms with Crippen LogP contribution in [0.5, 0.6) is 0 Å². The summed E-state index contributed by atoms with van der Waals surface area (Å²) < 4.78 is 1.76. The molecule has 1 atom stereocenters. The molecule has 1 aromatic rings. The fourth-order valence-corrected chi connectivity index (χ4v) is 1.15. The number of hydrogen-bond acceptors (Lipinski definition) is 3. The molecule has 6 heteroatoms. The largest absolute Gasteiger partial charge is 0.481 e. The van der Waals surface area contributed by atoms with Crippen LogP contribution in [0.4, 0.5) is 0 Å². The lowest BCUT2D eigenvalue weighted by atomic mass is 10.2. The average molecular weight is 225 g/mol. The van der Waals surface area contributed by atoms with Gasteiger partial charge in [0.1, 0.15) is 5.92 Å². The Morgan fingerprint density at radius 1 is 1.56 bits per heavy atom. The Morgan fingerprint density at radius 3 is 2.88 bits per heavy atom. The molecule has 0 fully saturated rings. The van der Waals surface area contributed by atoms with Gasteiger partial charge in [-0.15, -0.1) is 0 Å². The molecule has 0 bridgehead atoms. The van der Waals surface area contributed by atoms with Crippen LogP contribution >= 0.6 is 0 Å². The van der Waals surface area contributed by atoms with Crippen LogP contribution in [0.3, 0.4) is 0 Å². The maximum atomic E-state index is 11.2.